The van der Waals surface area contributed by atoms with Gasteiger partial charge in [-0.25, -0.2) is 0 Å². The fourth-order valence-electron chi connectivity index (χ4n) is 3.62. The molecule has 146 valence electrons. The highest BCUT2D eigenvalue weighted by molar-refractivity contribution is 5.95. The van der Waals surface area contributed by atoms with Crippen LogP contribution in [-0.4, -0.2) is 38.1 Å². The van der Waals surface area contributed by atoms with Crippen LogP contribution in [0.2, 0.25) is 0 Å². The summed E-state index contributed by atoms with van der Waals surface area (Å²) < 4.78 is 11.3. The second-order valence-electron chi connectivity index (χ2n) is 7.22. The van der Waals surface area contributed by atoms with E-state index in [0.717, 1.165) is 30.8 Å². The van der Waals surface area contributed by atoms with E-state index in [1.807, 2.05) is 30.3 Å². The Labute approximate surface area is 164 Å². The molecule has 1 unspecified atom stereocenters. The lowest BCUT2D eigenvalue weighted by Crippen LogP contribution is -2.37. The van der Waals surface area contributed by atoms with Crippen LogP contribution in [0.1, 0.15) is 18.4 Å². The van der Waals surface area contributed by atoms with Gasteiger partial charge in [0.1, 0.15) is 11.5 Å². The summed E-state index contributed by atoms with van der Waals surface area (Å²) in [6, 6.07) is 15.3. The first-order chi connectivity index (χ1) is 13.7. The SMILES string of the molecule is O=C(COc1ccc(N2CCCC2=O)cc1)NCC1COc2ccccc2C1. The molecule has 2 aliphatic heterocycles. The maximum absolute atomic E-state index is 12.1. The summed E-state index contributed by atoms with van der Waals surface area (Å²) in [5.74, 6) is 1.81. The minimum Gasteiger partial charge on any atom is -0.493 e. The predicted octanol–water partition coefficient (Wildman–Crippen LogP) is 2.56. The molecule has 0 aromatic heterocycles. The summed E-state index contributed by atoms with van der Waals surface area (Å²) in [5.41, 5.74) is 2.05. The summed E-state index contributed by atoms with van der Waals surface area (Å²) in [4.78, 5) is 25.7. The van der Waals surface area contributed by atoms with Crippen molar-refractivity contribution < 1.29 is 19.1 Å². The Bertz CT molecular complexity index is 850. The first-order valence-electron chi connectivity index (χ1n) is 9.69. The molecule has 1 atom stereocenters. The molecule has 0 saturated carbocycles. The van der Waals surface area contributed by atoms with Crippen molar-refractivity contribution in [1.82, 2.24) is 5.32 Å². The number of fused-ring (bicyclic) bond motifs is 1. The van der Waals surface area contributed by atoms with Gasteiger partial charge < -0.3 is 19.7 Å². The number of carbonyl (C=O) groups excluding carboxylic acids is 2. The lowest BCUT2D eigenvalue weighted by molar-refractivity contribution is -0.123. The minimum atomic E-state index is -0.155. The molecule has 0 aliphatic carbocycles. The molecule has 2 heterocycles. The maximum Gasteiger partial charge on any atom is 0.257 e. The number of para-hydroxylation sites is 1. The fourth-order valence-corrected chi connectivity index (χ4v) is 3.62. The molecule has 4 rings (SSSR count). The summed E-state index contributed by atoms with van der Waals surface area (Å²) in [7, 11) is 0. The average molecular weight is 380 g/mol. The van der Waals surface area contributed by atoms with Crippen LogP contribution in [-0.2, 0) is 16.0 Å². The Morgan fingerprint density at radius 2 is 2.00 bits per heavy atom. The van der Waals surface area contributed by atoms with Gasteiger partial charge in [0, 0.05) is 31.1 Å². The second kappa shape index (κ2) is 8.33. The molecule has 28 heavy (non-hydrogen) atoms. The molecule has 0 bridgehead atoms. The van der Waals surface area contributed by atoms with Gasteiger partial charge in [0.2, 0.25) is 5.91 Å². The average Bonchev–Trinajstić information content (AvgIpc) is 3.17. The standard InChI is InChI=1S/C22H24N2O4/c25-21(23-13-16-12-17-4-1-2-5-20(17)28-14-16)15-27-19-9-7-18(8-10-19)24-11-3-6-22(24)26/h1-2,4-5,7-10,16H,3,6,11-15H2,(H,23,25). The van der Waals surface area contributed by atoms with E-state index >= 15 is 0 Å². The number of ether oxygens (including phenoxy) is 2. The van der Waals surface area contributed by atoms with E-state index in [1.54, 1.807) is 17.0 Å². The molecule has 2 aromatic carbocycles. The molecule has 1 N–H and O–H groups in total. The fraction of sp³-hybridized carbons (Fsp3) is 0.364. The van der Waals surface area contributed by atoms with Gasteiger partial charge in [-0.15, -0.1) is 0 Å². The quantitative estimate of drug-likeness (QED) is 0.836. The predicted molar refractivity (Wildman–Crippen MR) is 106 cm³/mol. The van der Waals surface area contributed by atoms with Gasteiger partial charge in [-0.1, -0.05) is 18.2 Å². The van der Waals surface area contributed by atoms with Crippen molar-refractivity contribution in [2.75, 3.05) is 31.2 Å². The number of amides is 2. The molecule has 1 saturated heterocycles. The molecule has 2 aromatic rings. The topological polar surface area (TPSA) is 67.9 Å². The van der Waals surface area contributed by atoms with Crippen molar-refractivity contribution >= 4 is 17.5 Å². The van der Waals surface area contributed by atoms with Gasteiger partial charge in [-0.05, 0) is 48.7 Å². The zero-order valence-corrected chi connectivity index (χ0v) is 15.7. The lowest BCUT2D eigenvalue weighted by atomic mass is 9.97. The first kappa shape index (κ1) is 18.3. The second-order valence-corrected chi connectivity index (χ2v) is 7.22. The van der Waals surface area contributed by atoms with E-state index in [2.05, 4.69) is 11.4 Å². The molecule has 6 heteroatoms. The Hall–Kier alpha value is -3.02. The van der Waals surface area contributed by atoms with Gasteiger partial charge in [-0.2, -0.15) is 0 Å². The highest BCUT2D eigenvalue weighted by Gasteiger charge is 2.22. The molecular formula is C22H24N2O4. The number of benzene rings is 2. The smallest absolute Gasteiger partial charge is 0.257 e. The molecular weight excluding hydrogens is 356 g/mol. The van der Waals surface area contributed by atoms with Gasteiger partial charge >= 0.3 is 0 Å². The van der Waals surface area contributed by atoms with Crippen molar-refractivity contribution in [3.05, 3.63) is 54.1 Å². The van der Waals surface area contributed by atoms with Crippen LogP contribution in [0, 0.1) is 5.92 Å². The van der Waals surface area contributed by atoms with E-state index < -0.39 is 0 Å². The molecule has 2 amide bonds. The largest absolute Gasteiger partial charge is 0.493 e. The molecule has 6 nitrogen and oxygen atoms in total. The summed E-state index contributed by atoms with van der Waals surface area (Å²) in [6.07, 6.45) is 2.40. The van der Waals surface area contributed by atoms with E-state index in [0.29, 0.717) is 25.3 Å². The molecule has 1 fully saturated rings. The van der Waals surface area contributed by atoms with Crippen LogP contribution in [0.3, 0.4) is 0 Å². The van der Waals surface area contributed by atoms with Gasteiger partial charge in [0.05, 0.1) is 6.61 Å². The van der Waals surface area contributed by atoms with Crippen LogP contribution in [0.4, 0.5) is 5.69 Å². The Balaban J connectivity index is 1.21. The van der Waals surface area contributed by atoms with Crippen molar-refractivity contribution in [3.63, 3.8) is 0 Å². The molecule has 0 spiro atoms. The van der Waals surface area contributed by atoms with Crippen molar-refractivity contribution in [2.45, 2.75) is 19.3 Å². The third-order valence-corrected chi connectivity index (χ3v) is 5.14. The van der Waals surface area contributed by atoms with Crippen LogP contribution in [0.5, 0.6) is 11.5 Å². The zero-order valence-electron chi connectivity index (χ0n) is 15.7. The number of nitrogens with zero attached hydrogens (tertiary/aromatic N) is 1. The number of anilines is 1. The molecule has 0 radical (unpaired) electrons. The van der Waals surface area contributed by atoms with Crippen LogP contribution < -0.4 is 19.7 Å². The molecule has 2 aliphatic rings. The van der Waals surface area contributed by atoms with E-state index in [-0.39, 0.29) is 24.3 Å². The monoisotopic (exact) mass is 380 g/mol. The number of rotatable bonds is 6. The van der Waals surface area contributed by atoms with Crippen molar-refractivity contribution in [1.29, 1.82) is 0 Å². The lowest BCUT2D eigenvalue weighted by Gasteiger charge is -2.25. The number of nitrogens with one attached hydrogen (secondary N) is 1. The van der Waals surface area contributed by atoms with Crippen molar-refractivity contribution in [3.8, 4) is 11.5 Å². The summed E-state index contributed by atoms with van der Waals surface area (Å²) in [6.45, 7) is 1.89. The number of hydrogen-bond donors (Lipinski definition) is 1. The van der Waals surface area contributed by atoms with E-state index in [4.69, 9.17) is 9.47 Å². The number of hydrogen-bond acceptors (Lipinski definition) is 4. The van der Waals surface area contributed by atoms with E-state index in [1.165, 1.54) is 5.56 Å². The highest BCUT2D eigenvalue weighted by atomic mass is 16.5. The Kier molecular flexibility index (Phi) is 5.46. The van der Waals surface area contributed by atoms with Crippen molar-refractivity contribution in [2.24, 2.45) is 5.92 Å². The normalized spacial score (nSPS) is 18.4. The highest BCUT2D eigenvalue weighted by Crippen LogP contribution is 2.26. The Morgan fingerprint density at radius 1 is 1.18 bits per heavy atom. The van der Waals surface area contributed by atoms with Gasteiger partial charge in [0.25, 0.3) is 5.91 Å². The zero-order chi connectivity index (χ0) is 19.3. The Morgan fingerprint density at radius 3 is 2.79 bits per heavy atom. The van der Waals surface area contributed by atoms with Crippen LogP contribution in [0.25, 0.3) is 0 Å². The van der Waals surface area contributed by atoms with E-state index in [9.17, 15) is 9.59 Å². The van der Waals surface area contributed by atoms with Gasteiger partial charge in [0.15, 0.2) is 6.61 Å². The minimum absolute atomic E-state index is 0.0356. The first-order valence-corrected chi connectivity index (χ1v) is 9.69. The summed E-state index contributed by atoms with van der Waals surface area (Å²) >= 11 is 0. The third kappa shape index (κ3) is 4.27. The maximum atomic E-state index is 12.1. The third-order valence-electron chi connectivity index (χ3n) is 5.14. The number of carbonyl (C=O) groups is 2. The van der Waals surface area contributed by atoms with Crippen LogP contribution >= 0.6 is 0 Å². The summed E-state index contributed by atoms with van der Waals surface area (Å²) in [5, 5.41) is 2.92. The van der Waals surface area contributed by atoms with Crippen LogP contribution in [0.15, 0.2) is 48.5 Å². The van der Waals surface area contributed by atoms with Gasteiger partial charge in [-0.3, -0.25) is 9.59 Å².